The Morgan fingerprint density at radius 1 is 1.28 bits per heavy atom. The van der Waals surface area contributed by atoms with E-state index in [2.05, 4.69) is 10.3 Å². The number of amides is 1. The van der Waals surface area contributed by atoms with Gasteiger partial charge in [-0.25, -0.2) is 9.37 Å². The second-order valence-corrected chi connectivity index (χ2v) is 6.96. The van der Waals surface area contributed by atoms with Crippen LogP contribution in [-0.4, -0.2) is 17.0 Å². The number of nitrogens with one attached hydrogen (secondary N) is 1. The largest absolute Gasteiger partial charge is 0.480 e. The number of fused-ring (bicyclic) bond motifs is 1. The van der Waals surface area contributed by atoms with Crippen molar-refractivity contribution >= 4 is 22.4 Å². The molecule has 0 aliphatic carbocycles. The Morgan fingerprint density at radius 2 is 2.16 bits per heavy atom. The Hall–Kier alpha value is -2.73. The monoisotopic (exact) mass is 354 g/mol. The minimum absolute atomic E-state index is 0.206. The predicted octanol–water partition coefficient (Wildman–Crippen LogP) is 3.82. The zero-order chi connectivity index (χ0) is 17.2. The van der Waals surface area contributed by atoms with E-state index in [9.17, 15) is 9.18 Å². The normalized spacial score (nSPS) is 15.5. The van der Waals surface area contributed by atoms with Crippen molar-refractivity contribution in [1.82, 2.24) is 4.98 Å². The molecule has 1 aromatic heterocycles. The summed E-state index contributed by atoms with van der Waals surface area (Å²) in [5.74, 6) is 0.296. The Labute approximate surface area is 148 Å². The molecule has 1 amide bonds. The van der Waals surface area contributed by atoms with E-state index >= 15 is 0 Å². The lowest BCUT2D eigenvalue weighted by atomic mass is 10.1. The van der Waals surface area contributed by atoms with Gasteiger partial charge < -0.3 is 4.74 Å². The van der Waals surface area contributed by atoms with Gasteiger partial charge in [0.1, 0.15) is 11.6 Å². The second kappa shape index (κ2) is 6.64. The maximum Gasteiger partial charge on any atom is 0.267 e. The molecule has 1 aliphatic heterocycles. The van der Waals surface area contributed by atoms with Crippen molar-refractivity contribution < 1.29 is 13.9 Å². The molecule has 6 heteroatoms. The topological polar surface area (TPSA) is 51.2 Å². The molecule has 1 unspecified atom stereocenters. The van der Waals surface area contributed by atoms with Crippen LogP contribution in [0.4, 0.5) is 9.52 Å². The minimum Gasteiger partial charge on any atom is -0.480 e. The highest BCUT2D eigenvalue weighted by atomic mass is 32.1. The lowest BCUT2D eigenvalue weighted by Gasteiger charge is -2.09. The number of carbonyl (C=O) groups excluding carboxylic acids is 1. The molecule has 0 bridgehead atoms. The summed E-state index contributed by atoms with van der Waals surface area (Å²) in [5.41, 5.74) is 1.91. The fourth-order valence-electron chi connectivity index (χ4n) is 2.81. The third-order valence-electron chi connectivity index (χ3n) is 3.99. The van der Waals surface area contributed by atoms with Crippen LogP contribution in [0.2, 0.25) is 0 Å². The first kappa shape index (κ1) is 15.8. The number of hydrogen-bond acceptors (Lipinski definition) is 4. The number of thiazole rings is 1. The zero-order valence-corrected chi connectivity index (χ0v) is 14.1. The first-order chi connectivity index (χ1) is 12.2. The summed E-state index contributed by atoms with van der Waals surface area (Å²) in [7, 11) is 0. The molecule has 0 spiro atoms. The molecule has 25 heavy (non-hydrogen) atoms. The van der Waals surface area contributed by atoms with Gasteiger partial charge in [0.15, 0.2) is 11.2 Å². The van der Waals surface area contributed by atoms with Gasteiger partial charge in [-0.3, -0.25) is 10.1 Å². The van der Waals surface area contributed by atoms with Crippen molar-refractivity contribution in [2.24, 2.45) is 0 Å². The van der Waals surface area contributed by atoms with E-state index in [1.807, 2.05) is 30.3 Å². The maximum atomic E-state index is 13.2. The van der Waals surface area contributed by atoms with Crippen molar-refractivity contribution in [1.29, 1.82) is 0 Å². The summed E-state index contributed by atoms with van der Waals surface area (Å²) < 4.78 is 18.9. The molecule has 1 aliphatic rings. The number of nitrogens with zero attached hydrogens (tertiary/aromatic N) is 1. The molecule has 1 atom stereocenters. The van der Waals surface area contributed by atoms with Crippen molar-refractivity contribution in [3.05, 3.63) is 76.5 Å². The van der Waals surface area contributed by atoms with Crippen LogP contribution in [0, 0.1) is 5.82 Å². The highest BCUT2D eigenvalue weighted by molar-refractivity contribution is 7.15. The molecule has 4 rings (SSSR count). The van der Waals surface area contributed by atoms with Crippen LogP contribution in [0.1, 0.15) is 16.0 Å². The second-order valence-electron chi connectivity index (χ2n) is 5.85. The SMILES string of the molecule is O=C(Nc1ncc(Cc2cccc(F)c2)s1)C1Cc2ccccc2O1. The summed E-state index contributed by atoms with van der Waals surface area (Å²) in [5, 5.41) is 3.33. The zero-order valence-electron chi connectivity index (χ0n) is 13.2. The van der Waals surface area contributed by atoms with Crippen molar-refractivity contribution in [3.8, 4) is 5.75 Å². The minimum atomic E-state index is -0.534. The number of anilines is 1. The third-order valence-corrected chi connectivity index (χ3v) is 4.90. The average molecular weight is 354 g/mol. The molecule has 2 heterocycles. The average Bonchev–Trinajstić information content (AvgIpc) is 3.21. The van der Waals surface area contributed by atoms with Crippen LogP contribution >= 0.6 is 11.3 Å². The maximum absolute atomic E-state index is 13.2. The molecule has 1 N–H and O–H groups in total. The van der Waals surface area contributed by atoms with Crippen LogP contribution in [0.5, 0.6) is 5.75 Å². The molecule has 0 saturated carbocycles. The molecule has 0 saturated heterocycles. The fourth-order valence-corrected chi connectivity index (χ4v) is 3.66. The number of halogens is 1. The van der Waals surface area contributed by atoms with Gasteiger partial charge in [0.2, 0.25) is 0 Å². The lowest BCUT2D eigenvalue weighted by Crippen LogP contribution is -2.31. The standard InChI is InChI=1S/C19H15FN2O2S/c20-14-6-3-4-12(8-14)9-15-11-21-19(25-15)22-18(23)17-10-13-5-1-2-7-16(13)24-17/h1-8,11,17H,9-10H2,(H,21,22,23). The number of ether oxygens (including phenoxy) is 1. The van der Waals surface area contributed by atoms with Gasteiger partial charge in [-0.1, -0.05) is 30.3 Å². The molecular weight excluding hydrogens is 339 g/mol. The van der Waals surface area contributed by atoms with E-state index in [0.717, 1.165) is 21.8 Å². The highest BCUT2D eigenvalue weighted by Crippen LogP contribution is 2.29. The predicted molar refractivity (Wildman–Crippen MR) is 94.5 cm³/mol. The van der Waals surface area contributed by atoms with E-state index < -0.39 is 6.10 Å². The van der Waals surface area contributed by atoms with Crippen LogP contribution in [0.15, 0.2) is 54.7 Å². The van der Waals surface area contributed by atoms with Gasteiger partial charge in [-0.15, -0.1) is 11.3 Å². The highest BCUT2D eigenvalue weighted by Gasteiger charge is 2.29. The van der Waals surface area contributed by atoms with E-state index in [0.29, 0.717) is 18.0 Å². The van der Waals surface area contributed by atoms with Gasteiger partial charge >= 0.3 is 0 Å². The number of benzene rings is 2. The van der Waals surface area contributed by atoms with Gasteiger partial charge in [0.05, 0.1) is 0 Å². The summed E-state index contributed by atoms with van der Waals surface area (Å²) in [6.07, 6.45) is 2.31. The Balaban J connectivity index is 1.39. The van der Waals surface area contributed by atoms with Gasteiger partial charge in [-0.05, 0) is 29.3 Å². The quantitative estimate of drug-likeness (QED) is 0.775. The third kappa shape index (κ3) is 3.53. The summed E-state index contributed by atoms with van der Waals surface area (Å²) in [6.45, 7) is 0. The Kier molecular flexibility index (Phi) is 4.19. The molecule has 0 radical (unpaired) electrons. The molecule has 2 aromatic carbocycles. The van der Waals surface area contributed by atoms with Gasteiger partial charge in [-0.2, -0.15) is 0 Å². The molecule has 126 valence electrons. The lowest BCUT2D eigenvalue weighted by molar-refractivity contribution is -0.122. The smallest absolute Gasteiger partial charge is 0.267 e. The summed E-state index contributed by atoms with van der Waals surface area (Å²) in [6, 6.07) is 14.1. The summed E-state index contributed by atoms with van der Waals surface area (Å²) >= 11 is 1.38. The number of carbonyl (C=O) groups is 1. The van der Waals surface area contributed by atoms with Crippen LogP contribution in [0.3, 0.4) is 0 Å². The van der Waals surface area contributed by atoms with Gasteiger partial charge in [0, 0.05) is 23.9 Å². The van der Waals surface area contributed by atoms with Crippen LogP contribution in [-0.2, 0) is 17.6 Å². The number of rotatable bonds is 4. The summed E-state index contributed by atoms with van der Waals surface area (Å²) in [4.78, 5) is 17.6. The van der Waals surface area contributed by atoms with Crippen molar-refractivity contribution in [2.75, 3.05) is 5.32 Å². The van der Waals surface area contributed by atoms with E-state index in [4.69, 9.17) is 4.74 Å². The first-order valence-corrected chi connectivity index (χ1v) is 8.73. The molecule has 4 nitrogen and oxygen atoms in total. The van der Waals surface area contributed by atoms with E-state index in [-0.39, 0.29) is 11.7 Å². The Bertz CT molecular complexity index is 900. The Morgan fingerprint density at radius 3 is 3.00 bits per heavy atom. The van der Waals surface area contributed by atoms with Crippen LogP contribution in [0.25, 0.3) is 0 Å². The number of aromatic nitrogens is 1. The molecular formula is C19H15FN2O2S. The fraction of sp³-hybridized carbons (Fsp3) is 0.158. The van der Waals surface area contributed by atoms with Gasteiger partial charge in [0.25, 0.3) is 5.91 Å². The first-order valence-electron chi connectivity index (χ1n) is 7.92. The number of hydrogen-bond donors (Lipinski definition) is 1. The molecule has 3 aromatic rings. The van der Waals surface area contributed by atoms with Crippen molar-refractivity contribution in [2.45, 2.75) is 18.9 Å². The van der Waals surface area contributed by atoms with Crippen LogP contribution < -0.4 is 10.1 Å². The van der Waals surface area contributed by atoms with E-state index in [1.165, 1.54) is 23.5 Å². The van der Waals surface area contributed by atoms with Crippen molar-refractivity contribution in [3.63, 3.8) is 0 Å². The number of para-hydroxylation sites is 1. The van der Waals surface area contributed by atoms with E-state index in [1.54, 1.807) is 12.3 Å². The molecule has 0 fully saturated rings.